The molecule has 2 aromatic heterocycles. The minimum Gasteiger partial charge on any atom is -0.481 e. The van der Waals surface area contributed by atoms with Crippen molar-refractivity contribution >= 4 is 76.0 Å². The van der Waals surface area contributed by atoms with Crippen molar-refractivity contribution in [3.8, 4) is 0 Å². The van der Waals surface area contributed by atoms with Gasteiger partial charge in [0.25, 0.3) is 0 Å². The number of nitrogens with one attached hydrogen (secondary N) is 8. The van der Waals surface area contributed by atoms with Gasteiger partial charge in [0.1, 0.15) is 48.3 Å². The third-order valence-corrected chi connectivity index (χ3v) is 13.4. The van der Waals surface area contributed by atoms with Crippen LogP contribution in [0.5, 0.6) is 0 Å². The largest absolute Gasteiger partial charge is 0.481 e. The molecule has 26 nitrogen and oxygen atoms in total. The molecule has 2 aliphatic rings. The number of guanidine groups is 1. The highest BCUT2D eigenvalue weighted by molar-refractivity contribution is 5.99. The zero-order valence-electron chi connectivity index (χ0n) is 47.8. The van der Waals surface area contributed by atoms with Crippen molar-refractivity contribution in [2.24, 2.45) is 28.1 Å². The van der Waals surface area contributed by atoms with Gasteiger partial charge >= 0.3 is 5.97 Å². The number of rotatable bonds is 13. The van der Waals surface area contributed by atoms with E-state index < -0.39 is 120 Å². The standard InChI is InChI=1S/C45H67N13O11.C6H7N.C4H11N/c1-23(2)15-16-31-41(66)52-25(4)38(63)56-33(19-27-21-49-29-12-8-7-11-28(27)29)43(68)58-18-10-14-34(58)44(69)57(6)26(5)39(64)51-24(3)37(62)54-30(13-9-17-48-45(46)47)40(65)50-22-35(59)53-32(20-36(60)61)42(67)55-31;1-6-2-4-7-5-3-6;1-2-3-4-5/h7-8,11-12,21,23-26,30-34,49H,9-10,13-20,22H2,1-6H3,(H,50,65)(H,51,64)(H,52,66)(H,53,59)(H,54,62)(H,55,67)(H,56,63)(H,60,61)(H4,46,47,48);2-5H,1H3;2-5H2,1H3/t24?,25?,26?,30?,31?,32?,33?,34-;;/m1../s1. The molecule has 0 spiro atoms. The predicted octanol–water partition coefficient (Wildman–Crippen LogP) is -0.274. The Morgan fingerprint density at radius 1 is 0.765 bits per heavy atom. The lowest BCUT2D eigenvalue weighted by Gasteiger charge is -2.33. The van der Waals surface area contributed by atoms with Crippen molar-refractivity contribution in [3.63, 3.8) is 0 Å². The van der Waals surface area contributed by atoms with Gasteiger partial charge in [-0.15, -0.1) is 0 Å². The number of aromatic amines is 1. The molecule has 2 saturated heterocycles. The quantitative estimate of drug-likeness (QED) is 0.0595. The van der Waals surface area contributed by atoms with Crippen LogP contribution >= 0.6 is 0 Å². The number of nitrogens with two attached hydrogens (primary N) is 3. The highest BCUT2D eigenvalue weighted by Crippen LogP contribution is 2.24. The van der Waals surface area contributed by atoms with Gasteiger partial charge in [-0.1, -0.05) is 45.4 Å². The number of amides is 9. The number of aliphatic carboxylic acids is 1. The molecule has 5 rings (SSSR count). The number of fused-ring (bicyclic) bond motifs is 2. The lowest BCUT2D eigenvalue weighted by atomic mass is 10.0. The number of nitrogens with zero attached hydrogens (tertiary/aromatic N) is 4. The van der Waals surface area contributed by atoms with E-state index in [1.807, 2.05) is 57.2 Å². The Morgan fingerprint density at radius 3 is 1.95 bits per heavy atom. The number of pyridine rings is 1. The third-order valence-electron chi connectivity index (χ3n) is 13.4. The van der Waals surface area contributed by atoms with Crippen LogP contribution in [0.2, 0.25) is 0 Å². The van der Waals surface area contributed by atoms with Crippen LogP contribution in [0.4, 0.5) is 0 Å². The maximum Gasteiger partial charge on any atom is 0.305 e. The molecule has 81 heavy (non-hydrogen) atoms. The second-order valence-corrected chi connectivity index (χ2v) is 20.5. The molecule has 26 heteroatoms. The first-order valence-corrected chi connectivity index (χ1v) is 27.4. The summed E-state index contributed by atoms with van der Waals surface area (Å²) in [7, 11) is 1.39. The lowest BCUT2D eigenvalue weighted by Crippen LogP contribution is -2.59. The van der Waals surface area contributed by atoms with Crippen molar-refractivity contribution in [2.75, 3.05) is 33.2 Å². The van der Waals surface area contributed by atoms with Gasteiger partial charge in [-0.2, -0.15) is 0 Å². The molecular weight excluding hydrogens is 1050 g/mol. The fourth-order valence-electron chi connectivity index (χ4n) is 8.55. The molecule has 0 aliphatic carbocycles. The van der Waals surface area contributed by atoms with Crippen LogP contribution in [0.25, 0.3) is 10.9 Å². The highest BCUT2D eigenvalue weighted by atomic mass is 16.4. The van der Waals surface area contributed by atoms with Gasteiger partial charge in [-0.3, -0.25) is 57.9 Å². The highest BCUT2D eigenvalue weighted by Gasteiger charge is 2.41. The molecule has 8 atom stereocenters. The van der Waals surface area contributed by atoms with Gasteiger partial charge in [0.15, 0.2) is 5.96 Å². The number of aryl methyl sites for hydroxylation is 1. The molecular formula is C55H85N15O11. The predicted molar refractivity (Wildman–Crippen MR) is 304 cm³/mol. The zero-order chi connectivity index (χ0) is 60.3. The molecule has 2 aliphatic heterocycles. The summed E-state index contributed by atoms with van der Waals surface area (Å²) >= 11 is 0. The topological polar surface area (TPSA) is 401 Å². The fraction of sp³-hybridized carbons (Fsp3) is 0.564. The lowest BCUT2D eigenvalue weighted by molar-refractivity contribution is -0.148. The molecule has 446 valence electrons. The number of aliphatic imine (C=N–C) groups is 1. The fourth-order valence-corrected chi connectivity index (χ4v) is 8.55. The summed E-state index contributed by atoms with van der Waals surface area (Å²) in [5.74, 6) is -8.86. The first-order valence-electron chi connectivity index (χ1n) is 27.4. The maximum absolute atomic E-state index is 14.7. The number of para-hydroxylation sites is 1. The second-order valence-electron chi connectivity index (χ2n) is 20.5. The van der Waals surface area contributed by atoms with Crippen LogP contribution in [-0.4, -0.2) is 172 Å². The molecule has 0 bridgehead atoms. The summed E-state index contributed by atoms with van der Waals surface area (Å²) in [5.41, 5.74) is 18.7. The van der Waals surface area contributed by atoms with Crippen LogP contribution in [0.15, 0.2) is 60.0 Å². The summed E-state index contributed by atoms with van der Waals surface area (Å²) in [5, 5.41) is 28.1. The number of H-pyrrole nitrogens is 1. The van der Waals surface area contributed by atoms with E-state index in [1.165, 1.54) is 51.1 Å². The number of likely N-dealkylation sites (N-methyl/N-ethyl adjacent to an activating group) is 1. The summed E-state index contributed by atoms with van der Waals surface area (Å²) in [4.78, 5) is 149. The van der Waals surface area contributed by atoms with Crippen molar-refractivity contribution in [1.29, 1.82) is 0 Å². The molecule has 4 heterocycles. The summed E-state index contributed by atoms with van der Waals surface area (Å²) in [6.07, 6.45) is 7.97. The van der Waals surface area contributed by atoms with Crippen LogP contribution in [-0.2, 0) is 54.4 Å². The molecule has 0 saturated carbocycles. The second kappa shape index (κ2) is 34.1. The van der Waals surface area contributed by atoms with Crippen LogP contribution in [0.1, 0.15) is 110 Å². The first-order chi connectivity index (χ1) is 38.4. The van der Waals surface area contributed by atoms with E-state index in [0.29, 0.717) is 18.4 Å². The van der Waals surface area contributed by atoms with Crippen molar-refractivity contribution in [2.45, 2.75) is 161 Å². The average Bonchev–Trinajstić information content (AvgIpc) is 4.14. The number of aromatic nitrogens is 2. The molecule has 0 radical (unpaired) electrons. The van der Waals surface area contributed by atoms with Crippen LogP contribution in [0, 0.1) is 12.8 Å². The Labute approximate surface area is 473 Å². The van der Waals surface area contributed by atoms with Crippen molar-refractivity contribution < 1.29 is 53.1 Å². The Balaban J connectivity index is 0.00000128. The molecule has 2 fully saturated rings. The average molecular weight is 1130 g/mol. The number of carbonyl (C=O) groups is 10. The van der Waals surface area contributed by atoms with E-state index >= 15 is 0 Å². The molecule has 15 N–H and O–H groups in total. The van der Waals surface area contributed by atoms with Gasteiger partial charge in [0, 0.05) is 56.1 Å². The maximum atomic E-state index is 14.7. The van der Waals surface area contributed by atoms with Crippen molar-refractivity contribution in [1.82, 2.24) is 57.0 Å². The molecule has 9 amide bonds. The summed E-state index contributed by atoms with van der Waals surface area (Å²) in [6, 6.07) is 0.916. The Kier molecular flexibility index (Phi) is 28.2. The van der Waals surface area contributed by atoms with E-state index in [4.69, 9.17) is 17.2 Å². The van der Waals surface area contributed by atoms with Crippen LogP contribution in [0.3, 0.4) is 0 Å². The summed E-state index contributed by atoms with van der Waals surface area (Å²) < 4.78 is 0. The number of hydrogen-bond acceptors (Lipinski definition) is 13. The van der Waals surface area contributed by atoms with E-state index in [-0.39, 0.29) is 57.1 Å². The van der Waals surface area contributed by atoms with E-state index in [2.05, 4.69) is 59.1 Å². The number of carboxylic acid groups (broad SMARTS) is 1. The molecule has 1 aromatic carbocycles. The molecule has 3 aromatic rings. The zero-order valence-corrected chi connectivity index (χ0v) is 47.8. The van der Waals surface area contributed by atoms with Gasteiger partial charge in [-0.05, 0) is 114 Å². The molecule has 7 unspecified atom stereocenters. The number of unbranched alkanes of at least 4 members (excludes halogenated alkanes) is 1. The van der Waals surface area contributed by atoms with Gasteiger partial charge in [0.05, 0.1) is 13.0 Å². The SMILES string of the molecule is CC(C)CCC1NC(=O)C(CC(=O)O)NC(=O)CNC(=O)C(CCCN=C(N)N)NC(=O)C(C)NC(=O)C(C)N(C)C(=O)[C@H]2CCCN2C(=O)C(Cc2c[nH]c3ccccc23)NC(=O)C(C)NC1=O.CCCCN.Cc1ccncc1. The van der Waals surface area contributed by atoms with Gasteiger partial charge in [0.2, 0.25) is 53.2 Å². The third kappa shape index (κ3) is 22.5. The van der Waals surface area contributed by atoms with Crippen molar-refractivity contribution in [3.05, 3.63) is 66.1 Å². The number of carbonyl (C=O) groups excluding carboxylic acids is 9. The normalized spacial score (nSPS) is 23.1. The Hall–Kier alpha value is -8.16. The number of hydrogen-bond donors (Lipinski definition) is 12. The Morgan fingerprint density at radius 2 is 1.37 bits per heavy atom. The first kappa shape index (κ1) is 67.1. The monoisotopic (exact) mass is 1130 g/mol. The Bertz CT molecular complexity index is 2620. The smallest absolute Gasteiger partial charge is 0.305 e. The van der Waals surface area contributed by atoms with Gasteiger partial charge in [-0.25, -0.2) is 0 Å². The summed E-state index contributed by atoms with van der Waals surface area (Å²) in [6.45, 7) is 12.4. The van der Waals surface area contributed by atoms with E-state index in [1.54, 1.807) is 18.6 Å². The minimum atomic E-state index is -1.73. The van der Waals surface area contributed by atoms with E-state index in [9.17, 15) is 53.1 Å². The number of benzene rings is 1. The van der Waals surface area contributed by atoms with Gasteiger partial charge < -0.3 is 74.3 Å². The number of carboxylic acids is 1. The van der Waals surface area contributed by atoms with E-state index in [0.717, 1.165) is 22.3 Å². The van der Waals surface area contributed by atoms with Crippen LogP contribution < -0.4 is 54.4 Å². The minimum absolute atomic E-state index is 0.0245.